The number of nitrogens with one attached hydrogen (secondary N) is 1. The van der Waals surface area contributed by atoms with Crippen LogP contribution in [-0.2, 0) is 19.1 Å². The molecule has 2 aliphatic rings. The second kappa shape index (κ2) is 12.3. The Balaban J connectivity index is 1.74. The number of nitro benzene ring substituents is 1. The fraction of sp³-hybridized carbons (Fsp3) is 0.357. The number of non-ortho nitro benzene ring substituents is 1. The summed E-state index contributed by atoms with van der Waals surface area (Å²) in [7, 11) is 1.26. The van der Waals surface area contributed by atoms with Crippen LogP contribution in [-0.4, -0.2) is 60.0 Å². The average molecular weight is 538 g/mol. The van der Waals surface area contributed by atoms with Crippen molar-refractivity contribution in [1.29, 1.82) is 0 Å². The number of rotatable bonds is 8. The minimum atomic E-state index is -0.904. The van der Waals surface area contributed by atoms with E-state index in [0.29, 0.717) is 23.5 Å². The molecule has 2 atom stereocenters. The number of thioether (sulfide) groups is 1. The summed E-state index contributed by atoms with van der Waals surface area (Å²) in [6, 6.07) is 15.5. The first-order chi connectivity index (χ1) is 18.3. The zero-order valence-corrected chi connectivity index (χ0v) is 22.5. The number of hydrogen-bond acceptors (Lipinski definition) is 9. The highest BCUT2D eigenvalue weighted by atomic mass is 32.2. The van der Waals surface area contributed by atoms with E-state index in [0.717, 1.165) is 30.2 Å². The second-order valence-electron chi connectivity index (χ2n) is 9.20. The number of esters is 2. The Morgan fingerprint density at radius 1 is 1.05 bits per heavy atom. The van der Waals surface area contributed by atoms with E-state index in [4.69, 9.17) is 9.47 Å². The molecule has 200 valence electrons. The van der Waals surface area contributed by atoms with Crippen molar-refractivity contribution >= 4 is 29.4 Å². The van der Waals surface area contributed by atoms with Crippen LogP contribution in [0.1, 0.15) is 37.0 Å². The lowest BCUT2D eigenvalue weighted by molar-refractivity contribution is -0.384. The van der Waals surface area contributed by atoms with Gasteiger partial charge in [0.2, 0.25) is 0 Å². The van der Waals surface area contributed by atoms with Gasteiger partial charge in [-0.05, 0) is 25.0 Å². The Bertz CT molecular complexity index is 1270. The Kier molecular flexibility index (Phi) is 8.85. The molecule has 1 saturated heterocycles. The topological polar surface area (TPSA) is 111 Å². The van der Waals surface area contributed by atoms with Crippen LogP contribution in [0.2, 0.25) is 0 Å². The highest BCUT2D eigenvalue weighted by Gasteiger charge is 2.39. The van der Waals surface area contributed by atoms with E-state index in [2.05, 4.69) is 10.2 Å². The Hall–Kier alpha value is -3.63. The molecule has 0 radical (unpaired) electrons. The van der Waals surface area contributed by atoms with Crippen LogP contribution in [0.4, 0.5) is 5.69 Å². The molecule has 2 aromatic rings. The summed E-state index contributed by atoms with van der Waals surface area (Å²) >= 11 is 1.90. The van der Waals surface area contributed by atoms with E-state index >= 15 is 0 Å². The first-order valence-corrected chi connectivity index (χ1v) is 13.5. The molecule has 2 aliphatic heterocycles. The van der Waals surface area contributed by atoms with Crippen LogP contribution in [0.25, 0.3) is 0 Å². The number of benzene rings is 2. The lowest BCUT2D eigenvalue weighted by Gasteiger charge is -2.33. The van der Waals surface area contributed by atoms with Gasteiger partial charge in [0.05, 0.1) is 29.1 Å². The molecule has 0 saturated carbocycles. The summed E-state index contributed by atoms with van der Waals surface area (Å²) in [6.45, 7) is 5.79. The molecule has 2 aromatic carbocycles. The molecule has 1 N–H and O–H groups in total. The van der Waals surface area contributed by atoms with E-state index in [1.807, 2.05) is 42.1 Å². The number of allylic oxidation sites excluding steroid dienone is 2. The quantitative estimate of drug-likeness (QED) is 0.299. The predicted octanol–water partition coefficient (Wildman–Crippen LogP) is 4.34. The van der Waals surface area contributed by atoms with Gasteiger partial charge in [-0.25, -0.2) is 9.59 Å². The van der Waals surface area contributed by atoms with Crippen molar-refractivity contribution in [2.45, 2.75) is 25.9 Å². The van der Waals surface area contributed by atoms with Crippen molar-refractivity contribution in [3.8, 4) is 0 Å². The van der Waals surface area contributed by atoms with Crippen LogP contribution in [0.3, 0.4) is 0 Å². The number of ether oxygens (including phenoxy) is 2. The van der Waals surface area contributed by atoms with Gasteiger partial charge in [-0.3, -0.25) is 15.0 Å². The zero-order chi connectivity index (χ0) is 27.2. The molecule has 4 rings (SSSR count). The summed E-state index contributed by atoms with van der Waals surface area (Å²) in [4.78, 5) is 40.2. The van der Waals surface area contributed by atoms with Gasteiger partial charge in [-0.1, -0.05) is 42.5 Å². The van der Waals surface area contributed by atoms with Crippen molar-refractivity contribution in [2.75, 3.05) is 38.2 Å². The molecule has 38 heavy (non-hydrogen) atoms. The Labute approximate surface area is 226 Å². The maximum atomic E-state index is 13.9. The highest BCUT2D eigenvalue weighted by Crippen LogP contribution is 2.40. The fourth-order valence-electron chi connectivity index (χ4n) is 4.89. The zero-order valence-electron chi connectivity index (χ0n) is 21.6. The van der Waals surface area contributed by atoms with Gasteiger partial charge in [0.15, 0.2) is 0 Å². The minimum absolute atomic E-state index is 0.140. The number of methoxy groups -OCH3 is 1. The van der Waals surface area contributed by atoms with Crippen molar-refractivity contribution in [2.24, 2.45) is 0 Å². The van der Waals surface area contributed by atoms with Crippen LogP contribution in [0.5, 0.6) is 0 Å². The smallest absolute Gasteiger partial charge is 0.337 e. The van der Waals surface area contributed by atoms with Gasteiger partial charge >= 0.3 is 11.9 Å². The molecular weight excluding hydrogens is 506 g/mol. The van der Waals surface area contributed by atoms with E-state index < -0.39 is 28.9 Å². The van der Waals surface area contributed by atoms with E-state index in [9.17, 15) is 19.7 Å². The normalized spacial score (nSPS) is 19.0. The Morgan fingerprint density at radius 3 is 2.34 bits per heavy atom. The van der Waals surface area contributed by atoms with Gasteiger partial charge in [0.1, 0.15) is 6.10 Å². The van der Waals surface area contributed by atoms with Crippen molar-refractivity contribution < 1.29 is 24.0 Å². The molecule has 1 fully saturated rings. The summed E-state index contributed by atoms with van der Waals surface area (Å²) in [5.41, 5.74) is 2.59. The molecule has 2 unspecified atom stereocenters. The van der Waals surface area contributed by atoms with Gasteiger partial charge in [-0.2, -0.15) is 11.8 Å². The number of dihydropyridines is 1. The molecule has 9 nitrogen and oxygen atoms in total. The third kappa shape index (κ3) is 6.08. The number of carbonyl (C=O) groups is 2. The molecular formula is C28H31N3O6S. The standard InChI is InChI=1S/C28H31N3O6S/c1-18-24(27(32)36-3)26(21-10-7-11-22(16-21)31(34)35)25(19(2)29-18)28(33)37-23(20-8-5-4-6-9-20)17-30-12-14-38-15-13-30/h4-11,16,23,26,29H,12-15,17H2,1-3H3. The predicted molar refractivity (Wildman–Crippen MR) is 145 cm³/mol. The molecule has 0 aliphatic carbocycles. The molecule has 0 spiro atoms. The number of hydrogen-bond donors (Lipinski definition) is 1. The largest absolute Gasteiger partial charge is 0.466 e. The van der Waals surface area contributed by atoms with Crippen molar-refractivity contribution in [3.63, 3.8) is 0 Å². The van der Waals surface area contributed by atoms with Gasteiger partial charge in [-0.15, -0.1) is 0 Å². The van der Waals surface area contributed by atoms with Crippen LogP contribution in [0, 0.1) is 10.1 Å². The van der Waals surface area contributed by atoms with E-state index in [1.54, 1.807) is 26.0 Å². The molecule has 10 heteroatoms. The first-order valence-electron chi connectivity index (χ1n) is 12.4. The van der Waals surface area contributed by atoms with Gasteiger partial charge in [0.25, 0.3) is 5.69 Å². The number of carbonyl (C=O) groups excluding carboxylic acids is 2. The fourth-order valence-corrected chi connectivity index (χ4v) is 5.86. The third-order valence-electron chi connectivity index (χ3n) is 6.75. The Morgan fingerprint density at radius 2 is 1.71 bits per heavy atom. The van der Waals surface area contributed by atoms with Crippen LogP contribution < -0.4 is 5.32 Å². The maximum absolute atomic E-state index is 13.9. The van der Waals surface area contributed by atoms with E-state index in [1.165, 1.54) is 19.2 Å². The first kappa shape index (κ1) is 27.4. The average Bonchev–Trinajstić information content (AvgIpc) is 2.93. The van der Waals surface area contributed by atoms with E-state index in [-0.39, 0.29) is 16.8 Å². The molecule has 0 aromatic heterocycles. The third-order valence-corrected chi connectivity index (χ3v) is 7.69. The van der Waals surface area contributed by atoms with Crippen LogP contribution in [0.15, 0.2) is 77.1 Å². The highest BCUT2D eigenvalue weighted by molar-refractivity contribution is 7.99. The SMILES string of the molecule is COC(=O)C1=C(C)NC(C)=C(C(=O)OC(CN2CCSCC2)c2ccccc2)C1c1cccc([N+](=O)[O-])c1. The number of nitrogens with zero attached hydrogens (tertiary/aromatic N) is 2. The number of nitro groups is 1. The minimum Gasteiger partial charge on any atom is -0.466 e. The molecule has 0 amide bonds. The lowest BCUT2D eigenvalue weighted by atomic mass is 9.80. The van der Waals surface area contributed by atoms with Crippen molar-refractivity contribution in [3.05, 3.63) is 98.4 Å². The summed E-state index contributed by atoms with van der Waals surface area (Å²) in [6.07, 6.45) is -0.536. The maximum Gasteiger partial charge on any atom is 0.337 e. The summed E-state index contributed by atoms with van der Waals surface area (Å²) in [5, 5.41) is 14.6. The lowest BCUT2D eigenvalue weighted by Crippen LogP contribution is -2.38. The van der Waals surface area contributed by atoms with Gasteiger partial charge in [0, 0.05) is 54.7 Å². The summed E-state index contributed by atoms with van der Waals surface area (Å²) < 4.78 is 11.2. The molecule has 2 heterocycles. The molecule has 0 bridgehead atoms. The monoisotopic (exact) mass is 537 g/mol. The second-order valence-corrected chi connectivity index (χ2v) is 10.4. The van der Waals surface area contributed by atoms with Crippen molar-refractivity contribution in [1.82, 2.24) is 10.2 Å². The summed E-state index contributed by atoms with van der Waals surface area (Å²) in [5.74, 6) is -0.0925. The van der Waals surface area contributed by atoms with Gasteiger partial charge < -0.3 is 14.8 Å². The van der Waals surface area contributed by atoms with Crippen LogP contribution >= 0.6 is 11.8 Å².